The van der Waals surface area contributed by atoms with Gasteiger partial charge in [-0.25, -0.2) is 13.1 Å². The van der Waals surface area contributed by atoms with Crippen molar-refractivity contribution in [2.45, 2.75) is 25.2 Å². The number of rotatable bonds is 5. The van der Waals surface area contributed by atoms with Crippen LogP contribution in [0.1, 0.15) is 16.7 Å². The summed E-state index contributed by atoms with van der Waals surface area (Å²) in [6.07, 6.45) is 3.99. The van der Waals surface area contributed by atoms with Gasteiger partial charge in [-0.2, -0.15) is 0 Å². The van der Waals surface area contributed by atoms with Gasteiger partial charge >= 0.3 is 0 Å². The van der Waals surface area contributed by atoms with Crippen LogP contribution < -0.4 is 10.5 Å². The Morgan fingerprint density at radius 3 is 2.48 bits per heavy atom. The molecule has 0 unspecified atom stereocenters. The minimum absolute atomic E-state index is 0.275. The van der Waals surface area contributed by atoms with Gasteiger partial charge in [0.25, 0.3) is 0 Å². The standard InChI is InChI=1S/C15H19N3O2S/c1-11-3-4-14(16)12(2)15(11)21(19,20)18-10-7-13-5-8-17-9-6-13/h3-6,8-9,18H,7,10,16H2,1-2H3. The number of benzene rings is 1. The smallest absolute Gasteiger partial charge is 0.241 e. The molecule has 6 heteroatoms. The molecule has 1 aromatic heterocycles. The average molecular weight is 305 g/mol. The lowest BCUT2D eigenvalue weighted by Crippen LogP contribution is -2.27. The first-order chi connectivity index (χ1) is 9.92. The van der Waals surface area contributed by atoms with Gasteiger partial charge in [-0.05, 0) is 55.2 Å². The van der Waals surface area contributed by atoms with Crippen LogP contribution in [-0.2, 0) is 16.4 Å². The number of aryl methyl sites for hydroxylation is 1. The van der Waals surface area contributed by atoms with E-state index in [1.807, 2.05) is 12.1 Å². The monoisotopic (exact) mass is 305 g/mol. The number of nitrogens with zero attached hydrogens (tertiary/aromatic N) is 1. The normalized spacial score (nSPS) is 11.5. The summed E-state index contributed by atoms with van der Waals surface area (Å²) >= 11 is 0. The highest BCUT2D eigenvalue weighted by Crippen LogP contribution is 2.24. The van der Waals surface area contributed by atoms with Crippen LogP contribution in [0.5, 0.6) is 0 Å². The first-order valence-corrected chi connectivity index (χ1v) is 8.14. The molecule has 0 bridgehead atoms. The molecule has 21 heavy (non-hydrogen) atoms. The third-order valence-electron chi connectivity index (χ3n) is 3.37. The summed E-state index contributed by atoms with van der Waals surface area (Å²) in [6.45, 7) is 3.82. The molecule has 0 spiro atoms. The van der Waals surface area contributed by atoms with E-state index in [2.05, 4.69) is 9.71 Å². The van der Waals surface area contributed by atoms with Gasteiger partial charge in [-0.1, -0.05) is 6.07 Å². The highest BCUT2D eigenvalue weighted by molar-refractivity contribution is 7.89. The molecule has 1 aromatic carbocycles. The summed E-state index contributed by atoms with van der Waals surface area (Å²) < 4.78 is 27.5. The number of pyridine rings is 1. The second-order valence-corrected chi connectivity index (χ2v) is 6.63. The summed E-state index contributed by atoms with van der Waals surface area (Å²) in [4.78, 5) is 4.21. The third-order valence-corrected chi connectivity index (χ3v) is 5.12. The second kappa shape index (κ2) is 6.24. The molecule has 0 atom stereocenters. The Hall–Kier alpha value is -1.92. The van der Waals surface area contributed by atoms with Crippen molar-refractivity contribution in [2.24, 2.45) is 0 Å². The third kappa shape index (κ3) is 3.59. The fourth-order valence-corrected chi connectivity index (χ4v) is 3.74. The lowest BCUT2D eigenvalue weighted by Gasteiger charge is -2.13. The van der Waals surface area contributed by atoms with Crippen LogP contribution in [0.25, 0.3) is 0 Å². The molecule has 5 nitrogen and oxygen atoms in total. The zero-order valence-electron chi connectivity index (χ0n) is 12.1. The SMILES string of the molecule is Cc1ccc(N)c(C)c1S(=O)(=O)NCCc1ccncc1. The van der Waals surface area contributed by atoms with Crippen molar-refractivity contribution in [1.29, 1.82) is 0 Å². The molecule has 112 valence electrons. The second-order valence-electron chi connectivity index (χ2n) is 4.93. The molecule has 0 saturated carbocycles. The molecule has 2 aromatic rings. The summed E-state index contributed by atoms with van der Waals surface area (Å²) in [7, 11) is -3.56. The van der Waals surface area contributed by atoms with Gasteiger partial charge in [0.1, 0.15) is 0 Å². The summed E-state index contributed by atoms with van der Waals surface area (Å²) in [5.74, 6) is 0. The molecular formula is C15H19N3O2S. The Morgan fingerprint density at radius 1 is 1.14 bits per heavy atom. The highest BCUT2D eigenvalue weighted by atomic mass is 32.2. The lowest BCUT2D eigenvalue weighted by molar-refractivity contribution is 0.580. The molecule has 0 aliphatic rings. The van der Waals surface area contributed by atoms with Crippen molar-refractivity contribution in [3.63, 3.8) is 0 Å². The summed E-state index contributed by atoms with van der Waals surface area (Å²) in [5.41, 5.74) is 8.61. The van der Waals surface area contributed by atoms with Crippen molar-refractivity contribution in [3.05, 3.63) is 53.3 Å². The number of aromatic nitrogens is 1. The van der Waals surface area contributed by atoms with Crippen molar-refractivity contribution in [3.8, 4) is 0 Å². The van der Waals surface area contributed by atoms with Gasteiger partial charge in [0.15, 0.2) is 0 Å². The predicted molar refractivity (Wildman–Crippen MR) is 83.5 cm³/mol. The summed E-state index contributed by atoms with van der Waals surface area (Å²) in [6, 6.07) is 7.18. The van der Waals surface area contributed by atoms with Gasteiger partial charge in [0.2, 0.25) is 10.0 Å². The van der Waals surface area contributed by atoms with Crippen molar-refractivity contribution >= 4 is 15.7 Å². The van der Waals surface area contributed by atoms with Crippen molar-refractivity contribution in [1.82, 2.24) is 9.71 Å². The molecule has 0 fully saturated rings. The number of hydrogen-bond acceptors (Lipinski definition) is 4. The van der Waals surface area contributed by atoms with Crippen molar-refractivity contribution in [2.75, 3.05) is 12.3 Å². The van der Waals surface area contributed by atoms with Gasteiger partial charge in [0.05, 0.1) is 4.90 Å². The lowest BCUT2D eigenvalue weighted by atomic mass is 10.1. The van der Waals surface area contributed by atoms with Crippen LogP contribution in [0.15, 0.2) is 41.6 Å². The molecule has 1 heterocycles. The fraction of sp³-hybridized carbons (Fsp3) is 0.267. The molecule has 0 amide bonds. The highest BCUT2D eigenvalue weighted by Gasteiger charge is 2.20. The first-order valence-electron chi connectivity index (χ1n) is 6.66. The fourth-order valence-electron chi connectivity index (χ4n) is 2.21. The number of hydrogen-bond donors (Lipinski definition) is 2. The Bertz CT molecular complexity index is 728. The van der Waals surface area contributed by atoms with Crippen LogP contribution >= 0.6 is 0 Å². The molecule has 2 rings (SSSR count). The van der Waals surface area contributed by atoms with Gasteiger partial charge in [0, 0.05) is 24.6 Å². The molecule has 0 aliphatic carbocycles. The van der Waals surface area contributed by atoms with E-state index in [0.717, 1.165) is 5.56 Å². The van der Waals surface area contributed by atoms with Crippen LogP contribution in [-0.4, -0.2) is 19.9 Å². The van der Waals surface area contributed by atoms with Crippen LogP contribution in [0.4, 0.5) is 5.69 Å². The van der Waals surface area contributed by atoms with E-state index in [-0.39, 0.29) is 4.90 Å². The van der Waals surface area contributed by atoms with E-state index < -0.39 is 10.0 Å². The van der Waals surface area contributed by atoms with E-state index in [4.69, 9.17) is 5.73 Å². The van der Waals surface area contributed by atoms with E-state index in [0.29, 0.717) is 29.8 Å². The van der Waals surface area contributed by atoms with Gasteiger partial charge < -0.3 is 5.73 Å². The minimum atomic E-state index is -3.56. The number of anilines is 1. The van der Waals surface area contributed by atoms with Gasteiger partial charge in [-0.15, -0.1) is 0 Å². The van der Waals surface area contributed by atoms with Crippen LogP contribution in [0, 0.1) is 13.8 Å². The Morgan fingerprint density at radius 2 is 1.81 bits per heavy atom. The van der Waals surface area contributed by atoms with E-state index in [9.17, 15) is 8.42 Å². The van der Waals surface area contributed by atoms with Crippen LogP contribution in [0.3, 0.4) is 0 Å². The Kier molecular flexibility index (Phi) is 4.59. The summed E-state index contributed by atoms with van der Waals surface area (Å²) in [5, 5.41) is 0. The Balaban J connectivity index is 2.14. The predicted octanol–water partition coefficient (Wildman–Crippen LogP) is 1.80. The maximum absolute atomic E-state index is 12.4. The zero-order chi connectivity index (χ0) is 15.5. The largest absolute Gasteiger partial charge is 0.398 e. The maximum atomic E-state index is 12.4. The first kappa shape index (κ1) is 15.5. The minimum Gasteiger partial charge on any atom is -0.398 e. The topological polar surface area (TPSA) is 85.1 Å². The van der Waals surface area contributed by atoms with E-state index in [1.165, 1.54) is 0 Å². The Labute approximate surface area is 125 Å². The number of nitrogen functional groups attached to an aromatic ring is 1. The molecular weight excluding hydrogens is 286 g/mol. The number of nitrogens with one attached hydrogen (secondary N) is 1. The van der Waals surface area contributed by atoms with Crippen molar-refractivity contribution < 1.29 is 8.42 Å². The zero-order valence-corrected chi connectivity index (χ0v) is 12.9. The average Bonchev–Trinajstić information content (AvgIpc) is 2.44. The number of nitrogens with two attached hydrogens (primary N) is 1. The number of sulfonamides is 1. The van der Waals surface area contributed by atoms with Gasteiger partial charge in [-0.3, -0.25) is 4.98 Å². The molecule has 0 saturated heterocycles. The van der Waals surface area contributed by atoms with E-state index in [1.54, 1.807) is 38.4 Å². The molecule has 0 aliphatic heterocycles. The quantitative estimate of drug-likeness (QED) is 0.825. The molecule has 3 N–H and O–H groups in total. The molecule has 0 radical (unpaired) electrons. The maximum Gasteiger partial charge on any atom is 0.241 e. The van der Waals surface area contributed by atoms with Crippen LogP contribution in [0.2, 0.25) is 0 Å². The van der Waals surface area contributed by atoms with E-state index >= 15 is 0 Å².